The van der Waals surface area contributed by atoms with E-state index in [1.54, 1.807) is 0 Å². The van der Waals surface area contributed by atoms with Crippen LogP contribution in [0.25, 0.3) is 0 Å². The van der Waals surface area contributed by atoms with Gasteiger partial charge in [-0.3, -0.25) is 4.99 Å². The second-order valence-electron chi connectivity index (χ2n) is 3.80. The Labute approximate surface area is 102 Å². The van der Waals surface area contributed by atoms with Gasteiger partial charge in [-0.05, 0) is 38.0 Å². The third-order valence-corrected chi connectivity index (χ3v) is 2.95. The van der Waals surface area contributed by atoms with Gasteiger partial charge in [0.25, 0.3) is 0 Å². The lowest BCUT2D eigenvalue weighted by atomic mass is 10.1. The van der Waals surface area contributed by atoms with Gasteiger partial charge in [0.05, 0.1) is 6.54 Å². The molecule has 2 N–H and O–H groups in total. The first-order chi connectivity index (χ1) is 7.52. The fourth-order valence-corrected chi connectivity index (χ4v) is 1.43. The molecule has 1 rings (SSSR count). The fourth-order valence-electron chi connectivity index (χ4n) is 1.23. The van der Waals surface area contributed by atoms with E-state index in [4.69, 9.17) is 17.3 Å². The number of hydrogen-bond donors (Lipinski definition) is 1. The zero-order valence-corrected chi connectivity index (χ0v) is 10.7. The van der Waals surface area contributed by atoms with Crippen LogP contribution >= 0.6 is 11.6 Å². The van der Waals surface area contributed by atoms with Gasteiger partial charge >= 0.3 is 0 Å². The lowest BCUT2D eigenvalue weighted by Crippen LogP contribution is -2.03. The highest BCUT2D eigenvalue weighted by Gasteiger charge is 2.00. The Morgan fingerprint density at radius 1 is 1.25 bits per heavy atom. The summed E-state index contributed by atoms with van der Waals surface area (Å²) in [5.74, 6) is 0. The van der Waals surface area contributed by atoms with Crippen LogP contribution in [0.5, 0.6) is 0 Å². The average molecular weight is 237 g/mol. The minimum Gasteiger partial charge on any atom is -0.402 e. The molecule has 16 heavy (non-hydrogen) atoms. The van der Waals surface area contributed by atoms with E-state index >= 15 is 0 Å². The lowest BCUT2D eigenvalue weighted by Gasteiger charge is -2.04. The molecule has 0 aromatic heterocycles. The molecule has 2 nitrogen and oxygen atoms in total. The quantitative estimate of drug-likeness (QED) is 0.801. The molecule has 0 heterocycles. The highest BCUT2D eigenvalue weighted by atomic mass is 35.5. The van der Waals surface area contributed by atoms with Gasteiger partial charge in [-0.25, -0.2) is 0 Å². The van der Waals surface area contributed by atoms with Crippen molar-refractivity contribution in [3.05, 3.63) is 46.1 Å². The Kier molecular flexibility index (Phi) is 4.56. The highest BCUT2D eigenvalue weighted by Crippen LogP contribution is 2.16. The number of rotatable bonds is 3. The molecule has 86 valence electrons. The van der Waals surface area contributed by atoms with E-state index in [1.807, 2.05) is 45.0 Å². The van der Waals surface area contributed by atoms with E-state index in [0.29, 0.717) is 6.54 Å². The lowest BCUT2D eigenvalue weighted by molar-refractivity contribution is 1.06. The van der Waals surface area contributed by atoms with Gasteiger partial charge in [0.1, 0.15) is 0 Å². The molecule has 0 amide bonds. The van der Waals surface area contributed by atoms with Crippen molar-refractivity contribution in [2.45, 2.75) is 27.3 Å². The third-order valence-electron chi connectivity index (χ3n) is 2.58. The van der Waals surface area contributed by atoms with Crippen molar-refractivity contribution in [1.29, 1.82) is 0 Å². The van der Waals surface area contributed by atoms with Gasteiger partial charge in [0.15, 0.2) is 0 Å². The largest absolute Gasteiger partial charge is 0.402 e. The number of benzene rings is 1. The predicted molar refractivity (Wildman–Crippen MR) is 70.8 cm³/mol. The van der Waals surface area contributed by atoms with Crippen LogP contribution in [0.2, 0.25) is 5.02 Å². The molecule has 0 spiro atoms. The number of aliphatic imine (C=N–C) groups is 1. The summed E-state index contributed by atoms with van der Waals surface area (Å²) in [6.07, 6.45) is 0. The van der Waals surface area contributed by atoms with Crippen molar-refractivity contribution < 1.29 is 0 Å². The maximum Gasteiger partial charge on any atom is 0.0657 e. The van der Waals surface area contributed by atoms with Crippen LogP contribution in [0.1, 0.15) is 26.3 Å². The van der Waals surface area contributed by atoms with Crippen LogP contribution in [0.4, 0.5) is 0 Å². The van der Waals surface area contributed by atoms with Gasteiger partial charge in [0, 0.05) is 16.4 Å². The van der Waals surface area contributed by atoms with Crippen molar-refractivity contribution in [2.24, 2.45) is 10.7 Å². The zero-order chi connectivity index (χ0) is 12.1. The van der Waals surface area contributed by atoms with Gasteiger partial charge in [-0.2, -0.15) is 0 Å². The molecule has 0 saturated heterocycles. The Morgan fingerprint density at radius 2 is 1.88 bits per heavy atom. The Bertz CT molecular complexity index is 429. The molecule has 0 atom stereocenters. The van der Waals surface area contributed by atoms with Crippen LogP contribution in [-0.2, 0) is 6.54 Å². The predicted octanol–water partition coefficient (Wildman–Crippen LogP) is 3.55. The number of hydrogen-bond acceptors (Lipinski definition) is 2. The maximum absolute atomic E-state index is 6.04. The van der Waals surface area contributed by atoms with Crippen LogP contribution < -0.4 is 5.73 Å². The summed E-state index contributed by atoms with van der Waals surface area (Å²) in [6.45, 7) is 6.41. The number of nitrogens with two attached hydrogens (primary N) is 1. The molecule has 0 aliphatic rings. The molecule has 0 aliphatic heterocycles. The van der Waals surface area contributed by atoms with Gasteiger partial charge < -0.3 is 5.73 Å². The summed E-state index contributed by atoms with van der Waals surface area (Å²) in [5, 5.41) is 0.755. The van der Waals surface area contributed by atoms with Crippen LogP contribution in [0.3, 0.4) is 0 Å². The van der Waals surface area contributed by atoms with E-state index < -0.39 is 0 Å². The van der Waals surface area contributed by atoms with E-state index in [1.165, 1.54) is 0 Å². The summed E-state index contributed by atoms with van der Waals surface area (Å²) in [6, 6.07) is 7.73. The van der Waals surface area contributed by atoms with Crippen LogP contribution in [0.15, 0.2) is 40.5 Å². The standard InChI is InChI=1S/C13H17ClN2/c1-9(10(2)15)11(3)16-8-12-6-4-5-7-13(12)14/h4-7H,8,15H2,1-3H3/b10-9-,16-11?. The molecule has 1 aromatic carbocycles. The second-order valence-corrected chi connectivity index (χ2v) is 4.21. The molecular formula is C13H17ClN2. The van der Waals surface area contributed by atoms with E-state index in [0.717, 1.165) is 27.6 Å². The molecule has 0 bridgehead atoms. The highest BCUT2D eigenvalue weighted by molar-refractivity contribution is 6.31. The minimum atomic E-state index is 0.593. The van der Waals surface area contributed by atoms with E-state index in [-0.39, 0.29) is 0 Å². The van der Waals surface area contributed by atoms with Gasteiger partial charge in [-0.15, -0.1) is 0 Å². The first kappa shape index (κ1) is 12.8. The SMILES string of the molecule is CC(=NCc1ccccc1Cl)/C(C)=C(/C)N. The normalized spacial score (nSPS) is 13.6. The molecule has 0 saturated carbocycles. The summed E-state index contributed by atoms with van der Waals surface area (Å²) in [5.41, 5.74) is 9.54. The molecule has 1 aromatic rings. The average Bonchev–Trinajstić information content (AvgIpc) is 2.26. The van der Waals surface area contributed by atoms with Crippen molar-refractivity contribution in [3.63, 3.8) is 0 Å². The van der Waals surface area contributed by atoms with Gasteiger partial charge in [0.2, 0.25) is 0 Å². The molecule has 0 fully saturated rings. The van der Waals surface area contributed by atoms with Crippen molar-refractivity contribution >= 4 is 17.3 Å². The maximum atomic E-state index is 6.04. The summed E-state index contributed by atoms with van der Waals surface area (Å²) in [7, 11) is 0. The minimum absolute atomic E-state index is 0.593. The topological polar surface area (TPSA) is 38.4 Å². The fraction of sp³-hybridized carbons (Fsp3) is 0.308. The van der Waals surface area contributed by atoms with Crippen molar-refractivity contribution in [1.82, 2.24) is 0 Å². The van der Waals surface area contributed by atoms with Crippen LogP contribution in [-0.4, -0.2) is 5.71 Å². The molecule has 3 heteroatoms. The molecule has 0 aliphatic carbocycles. The number of allylic oxidation sites excluding steroid dienone is 2. The monoisotopic (exact) mass is 236 g/mol. The summed E-state index contributed by atoms with van der Waals surface area (Å²) < 4.78 is 0. The molecular weight excluding hydrogens is 220 g/mol. The van der Waals surface area contributed by atoms with Crippen molar-refractivity contribution in [3.8, 4) is 0 Å². The third kappa shape index (κ3) is 3.38. The van der Waals surface area contributed by atoms with E-state index in [2.05, 4.69) is 4.99 Å². The Morgan fingerprint density at radius 3 is 2.44 bits per heavy atom. The Balaban J connectivity index is 2.82. The van der Waals surface area contributed by atoms with E-state index in [9.17, 15) is 0 Å². The molecule has 0 radical (unpaired) electrons. The molecule has 0 unspecified atom stereocenters. The Hall–Kier alpha value is -1.28. The van der Waals surface area contributed by atoms with Crippen molar-refractivity contribution in [2.75, 3.05) is 0 Å². The first-order valence-electron chi connectivity index (χ1n) is 5.20. The van der Waals surface area contributed by atoms with Crippen LogP contribution in [0, 0.1) is 0 Å². The second kappa shape index (κ2) is 5.71. The number of halogens is 1. The first-order valence-corrected chi connectivity index (χ1v) is 5.58. The zero-order valence-electron chi connectivity index (χ0n) is 9.92. The summed E-state index contributed by atoms with van der Waals surface area (Å²) in [4.78, 5) is 4.47. The van der Waals surface area contributed by atoms with Gasteiger partial charge in [-0.1, -0.05) is 29.8 Å². The number of nitrogens with zero attached hydrogens (tertiary/aromatic N) is 1. The smallest absolute Gasteiger partial charge is 0.0657 e. The summed E-state index contributed by atoms with van der Waals surface area (Å²) >= 11 is 6.04.